The quantitative estimate of drug-likeness (QED) is 0.297. The Kier molecular flexibility index (Phi) is 7.26. The molecular weight excluding hydrogens is 426 g/mol. The summed E-state index contributed by atoms with van der Waals surface area (Å²) in [6.45, 7) is 2.36. The largest absolute Gasteiger partial charge is 0.497 e. The van der Waals surface area contributed by atoms with Crippen LogP contribution in [0.5, 0.6) is 11.5 Å². The van der Waals surface area contributed by atoms with E-state index in [1.54, 1.807) is 43.5 Å². The van der Waals surface area contributed by atoms with Crippen LogP contribution >= 0.6 is 23.1 Å². The SMILES string of the molecule is COc1cccc(OCCNC(=O)c2ccc(Sc3nc(C)cs3)c([N+](=O)[O-])c2)c1. The van der Waals surface area contributed by atoms with E-state index in [-0.39, 0.29) is 24.4 Å². The summed E-state index contributed by atoms with van der Waals surface area (Å²) in [5.74, 6) is 0.890. The lowest BCUT2D eigenvalue weighted by molar-refractivity contribution is -0.387. The van der Waals surface area contributed by atoms with Gasteiger partial charge in [0.2, 0.25) is 0 Å². The number of benzene rings is 2. The van der Waals surface area contributed by atoms with Gasteiger partial charge in [0.05, 0.1) is 23.5 Å². The lowest BCUT2D eigenvalue weighted by Crippen LogP contribution is -2.28. The minimum Gasteiger partial charge on any atom is -0.497 e. The molecule has 0 aliphatic carbocycles. The van der Waals surface area contributed by atoms with Gasteiger partial charge >= 0.3 is 0 Å². The highest BCUT2D eigenvalue weighted by molar-refractivity contribution is 8.01. The molecule has 1 aromatic heterocycles. The second-order valence-electron chi connectivity index (χ2n) is 6.08. The van der Waals surface area contributed by atoms with Gasteiger partial charge in [0.1, 0.15) is 18.1 Å². The second-order valence-corrected chi connectivity index (χ2v) is 8.23. The number of amides is 1. The first-order chi connectivity index (χ1) is 14.5. The van der Waals surface area contributed by atoms with Gasteiger partial charge in [-0.05, 0) is 31.2 Å². The highest BCUT2D eigenvalue weighted by atomic mass is 32.2. The predicted octanol–water partition coefficient (Wildman–Crippen LogP) is 4.33. The van der Waals surface area contributed by atoms with Crippen LogP contribution < -0.4 is 14.8 Å². The summed E-state index contributed by atoms with van der Waals surface area (Å²) in [5.41, 5.74) is 0.938. The third-order valence-corrected chi connectivity index (χ3v) is 6.03. The van der Waals surface area contributed by atoms with Gasteiger partial charge in [0.15, 0.2) is 4.34 Å². The van der Waals surface area contributed by atoms with E-state index in [0.717, 1.165) is 5.69 Å². The maximum absolute atomic E-state index is 12.4. The molecule has 1 amide bonds. The molecule has 30 heavy (non-hydrogen) atoms. The van der Waals surface area contributed by atoms with Crippen molar-refractivity contribution >= 4 is 34.7 Å². The van der Waals surface area contributed by atoms with Crippen LogP contribution in [-0.4, -0.2) is 36.1 Å². The second kappa shape index (κ2) is 10.1. The summed E-state index contributed by atoms with van der Waals surface area (Å²) >= 11 is 2.63. The van der Waals surface area contributed by atoms with Crippen molar-refractivity contribution in [2.75, 3.05) is 20.3 Å². The average Bonchev–Trinajstić information content (AvgIpc) is 3.15. The number of nitrogens with zero attached hydrogens (tertiary/aromatic N) is 2. The molecule has 8 nitrogen and oxygen atoms in total. The number of nitro groups is 1. The summed E-state index contributed by atoms with van der Waals surface area (Å²) in [6.07, 6.45) is 0. The minimum absolute atomic E-state index is 0.131. The van der Waals surface area contributed by atoms with Crippen molar-refractivity contribution in [3.05, 3.63) is 69.2 Å². The van der Waals surface area contributed by atoms with Crippen molar-refractivity contribution in [2.24, 2.45) is 0 Å². The molecule has 156 valence electrons. The fraction of sp³-hybridized carbons (Fsp3) is 0.200. The van der Waals surface area contributed by atoms with Gasteiger partial charge in [0.25, 0.3) is 11.6 Å². The fourth-order valence-electron chi connectivity index (χ4n) is 2.49. The molecular formula is C20H19N3O5S2. The first kappa shape index (κ1) is 21.6. The van der Waals surface area contributed by atoms with E-state index >= 15 is 0 Å². The van der Waals surface area contributed by atoms with Crippen molar-refractivity contribution in [2.45, 2.75) is 16.2 Å². The Labute approximate surface area is 181 Å². The van der Waals surface area contributed by atoms with Gasteiger partial charge in [0, 0.05) is 28.8 Å². The van der Waals surface area contributed by atoms with Crippen LogP contribution in [0.2, 0.25) is 0 Å². The molecule has 3 aromatic rings. The van der Waals surface area contributed by atoms with E-state index in [2.05, 4.69) is 10.3 Å². The van der Waals surface area contributed by atoms with Gasteiger partial charge in [-0.2, -0.15) is 0 Å². The lowest BCUT2D eigenvalue weighted by Gasteiger charge is -2.09. The number of hydrogen-bond acceptors (Lipinski definition) is 8. The van der Waals surface area contributed by atoms with Crippen molar-refractivity contribution < 1.29 is 19.2 Å². The summed E-state index contributed by atoms with van der Waals surface area (Å²) in [5, 5.41) is 16.1. The van der Waals surface area contributed by atoms with E-state index in [1.807, 2.05) is 12.3 Å². The van der Waals surface area contributed by atoms with Crippen LogP contribution in [0.25, 0.3) is 0 Å². The lowest BCUT2D eigenvalue weighted by atomic mass is 10.2. The highest BCUT2D eigenvalue weighted by Gasteiger charge is 2.19. The standard InChI is InChI=1S/C20H19N3O5S2/c1-13-12-29-20(22-13)30-18-7-6-14(10-17(18)23(25)26)19(24)21-8-9-28-16-5-3-4-15(11-16)27-2/h3-7,10-12H,8-9H2,1-2H3,(H,21,24). The number of rotatable bonds is 9. The molecule has 2 aromatic carbocycles. The number of aromatic nitrogens is 1. The number of methoxy groups -OCH3 is 1. The molecule has 0 saturated heterocycles. The van der Waals surface area contributed by atoms with Crippen molar-refractivity contribution in [3.63, 3.8) is 0 Å². The molecule has 0 saturated carbocycles. The van der Waals surface area contributed by atoms with Gasteiger partial charge in [-0.15, -0.1) is 11.3 Å². The molecule has 3 rings (SSSR count). The molecule has 0 unspecified atom stereocenters. The average molecular weight is 446 g/mol. The van der Waals surface area contributed by atoms with E-state index in [1.165, 1.54) is 29.2 Å². The third kappa shape index (κ3) is 5.71. The number of nitro benzene ring substituents is 1. The molecule has 10 heteroatoms. The number of carbonyl (C=O) groups excluding carboxylic acids is 1. The number of carbonyl (C=O) groups is 1. The molecule has 0 spiro atoms. The molecule has 0 fully saturated rings. The smallest absolute Gasteiger partial charge is 0.284 e. The van der Waals surface area contributed by atoms with Crippen molar-refractivity contribution in [1.29, 1.82) is 0 Å². The Morgan fingerprint density at radius 2 is 2.07 bits per heavy atom. The molecule has 0 bridgehead atoms. The first-order valence-corrected chi connectivity index (χ1v) is 10.6. The summed E-state index contributed by atoms with van der Waals surface area (Å²) in [4.78, 5) is 28.1. The van der Waals surface area contributed by atoms with E-state index in [0.29, 0.717) is 20.7 Å². The van der Waals surface area contributed by atoms with Crippen LogP contribution in [0.15, 0.2) is 57.1 Å². The Bertz CT molecular complexity index is 1050. The summed E-state index contributed by atoms with van der Waals surface area (Å²) in [6, 6.07) is 11.5. The van der Waals surface area contributed by atoms with E-state index in [4.69, 9.17) is 9.47 Å². The van der Waals surface area contributed by atoms with Gasteiger partial charge in [-0.25, -0.2) is 4.98 Å². The summed E-state index contributed by atoms with van der Waals surface area (Å²) < 4.78 is 11.4. The number of aryl methyl sites for hydroxylation is 1. The number of ether oxygens (including phenoxy) is 2. The molecule has 0 radical (unpaired) electrons. The summed E-state index contributed by atoms with van der Waals surface area (Å²) in [7, 11) is 1.57. The minimum atomic E-state index is -0.495. The van der Waals surface area contributed by atoms with Crippen LogP contribution in [0, 0.1) is 17.0 Å². The zero-order valence-electron chi connectivity index (χ0n) is 16.3. The first-order valence-electron chi connectivity index (χ1n) is 8.89. The highest BCUT2D eigenvalue weighted by Crippen LogP contribution is 2.36. The third-order valence-electron chi connectivity index (χ3n) is 3.91. The van der Waals surface area contributed by atoms with E-state index < -0.39 is 10.8 Å². The molecule has 0 aliphatic rings. The van der Waals surface area contributed by atoms with Crippen molar-refractivity contribution in [3.8, 4) is 11.5 Å². The van der Waals surface area contributed by atoms with Crippen molar-refractivity contribution in [1.82, 2.24) is 10.3 Å². The molecule has 0 atom stereocenters. The predicted molar refractivity (Wildman–Crippen MR) is 115 cm³/mol. The van der Waals surface area contributed by atoms with Crippen LogP contribution in [-0.2, 0) is 0 Å². The van der Waals surface area contributed by atoms with Gasteiger partial charge in [-0.3, -0.25) is 14.9 Å². The van der Waals surface area contributed by atoms with Crippen LogP contribution in [0.1, 0.15) is 16.1 Å². The molecule has 1 N–H and O–H groups in total. The Morgan fingerprint density at radius 1 is 1.27 bits per heavy atom. The monoisotopic (exact) mass is 445 g/mol. The number of nitrogens with one attached hydrogen (secondary N) is 1. The fourth-order valence-corrected chi connectivity index (χ4v) is 4.37. The Morgan fingerprint density at radius 3 is 2.77 bits per heavy atom. The zero-order chi connectivity index (χ0) is 21.5. The number of thiazole rings is 1. The van der Waals surface area contributed by atoms with Crippen LogP contribution in [0.3, 0.4) is 0 Å². The normalized spacial score (nSPS) is 10.5. The molecule has 1 heterocycles. The number of hydrogen-bond donors (Lipinski definition) is 1. The topological polar surface area (TPSA) is 104 Å². The Balaban J connectivity index is 1.59. The Hall–Kier alpha value is -3.11. The van der Waals surface area contributed by atoms with Crippen LogP contribution in [0.4, 0.5) is 5.69 Å². The maximum atomic E-state index is 12.4. The maximum Gasteiger partial charge on any atom is 0.284 e. The molecule has 0 aliphatic heterocycles. The van der Waals surface area contributed by atoms with E-state index in [9.17, 15) is 14.9 Å². The van der Waals surface area contributed by atoms with Gasteiger partial charge in [-0.1, -0.05) is 17.8 Å². The zero-order valence-corrected chi connectivity index (χ0v) is 17.9. The van der Waals surface area contributed by atoms with Gasteiger partial charge < -0.3 is 14.8 Å².